The summed E-state index contributed by atoms with van der Waals surface area (Å²) >= 11 is 0. The maximum atomic E-state index is 11.8. The Labute approximate surface area is 142 Å². The van der Waals surface area contributed by atoms with E-state index in [0.717, 1.165) is 0 Å². The van der Waals surface area contributed by atoms with Crippen LogP contribution in [-0.2, 0) is 14.0 Å². The summed E-state index contributed by atoms with van der Waals surface area (Å²) in [5.41, 5.74) is 0.417. The molecule has 0 heterocycles. The molecule has 1 N–H and O–H groups in total. The van der Waals surface area contributed by atoms with Crippen LogP contribution in [0.2, 0.25) is 18.1 Å². The fourth-order valence-electron chi connectivity index (χ4n) is 1.84. The number of nitro benzene ring substituents is 1. The molecule has 0 saturated carbocycles. The van der Waals surface area contributed by atoms with Gasteiger partial charge in [0.25, 0.3) is 5.69 Å². The standard InChI is InChI=1S/C16H25NO6Si/c1-16(2,3)24(5,6)23-14(13(18)15(19)22-4)11-7-9-12(10-8-11)17(20)21/h7-10,13-14,18H,1-6H3/t13-,14-/m1/s1. The van der Waals surface area contributed by atoms with Gasteiger partial charge < -0.3 is 14.3 Å². The highest BCUT2D eigenvalue weighted by atomic mass is 28.4. The molecule has 0 radical (unpaired) electrons. The Morgan fingerprint density at radius 1 is 1.25 bits per heavy atom. The summed E-state index contributed by atoms with van der Waals surface area (Å²) in [6.07, 6.45) is -2.45. The molecule has 1 aromatic carbocycles. The third-order valence-electron chi connectivity index (χ3n) is 4.39. The third kappa shape index (κ3) is 4.62. The fourth-order valence-corrected chi connectivity index (χ4v) is 3.09. The molecule has 2 atom stereocenters. The number of hydrogen-bond acceptors (Lipinski definition) is 6. The zero-order chi connectivity index (χ0) is 18.7. The van der Waals surface area contributed by atoms with Crippen LogP contribution in [0.25, 0.3) is 0 Å². The number of aliphatic hydroxyl groups is 1. The number of carbonyl (C=O) groups is 1. The smallest absolute Gasteiger partial charge is 0.337 e. The Morgan fingerprint density at radius 2 is 1.75 bits per heavy atom. The summed E-state index contributed by atoms with van der Waals surface area (Å²) in [4.78, 5) is 22.1. The van der Waals surface area contributed by atoms with Gasteiger partial charge in [-0.05, 0) is 35.8 Å². The van der Waals surface area contributed by atoms with Gasteiger partial charge in [-0.3, -0.25) is 10.1 Å². The van der Waals surface area contributed by atoms with Gasteiger partial charge in [0.1, 0.15) is 6.10 Å². The van der Waals surface area contributed by atoms with Crippen molar-refractivity contribution in [2.75, 3.05) is 7.11 Å². The molecule has 0 aliphatic rings. The lowest BCUT2D eigenvalue weighted by atomic mass is 10.0. The maximum Gasteiger partial charge on any atom is 0.337 e. The lowest BCUT2D eigenvalue weighted by Gasteiger charge is -2.40. The molecule has 134 valence electrons. The average molecular weight is 355 g/mol. The number of esters is 1. The highest BCUT2D eigenvalue weighted by molar-refractivity contribution is 6.74. The number of aliphatic hydroxyl groups excluding tert-OH is 1. The first-order chi connectivity index (χ1) is 10.9. The normalized spacial score (nSPS) is 14.8. The summed E-state index contributed by atoms with van der Waals surface area (Å²) in [6.45, 7) is 10.1. The van der Waals surface area contributed by atoms with Gasteiger partial charge >= 0.3 is 5.97 Å². The molecule has 0 amide bonds. The van der Waals surface area contributed by atoms with Crippen molar-refractivity contribution in [1.82, 2.24) is 0 Å². The lowest BCUT2D eigenvalue weighted by Crippen LogP contribution is -2.45. The van der Waals surface area contributed by atoms with Crippen LogP contribution in [0.1, 0.15) is 32.4 Å². The Balaban J connectivity index is 3.23. The number of hydrogen-bond donors (Lipinski definition) is 1. The van der Waals surface area contributed by atoms with E-state index in [2.05, 4.69) is 4.74 Å². The van der Waals surface area contributed by atoms with Crippen molar-refractivity contribution < 1.29 is 24.0 Å². The van der Waals surface area contributed by atoms with E-state index in [4.69, 9.17) is 4.43 Å². The number of nitrogens with zero attached hydrogens (tertiary/aromatic N) is 1. The van der Waals surface area contributed by atoms with Crippen molar-refractivity contribution in [3.63, 3.8) is 0 Å². The van der Waals surface area contributed by atoms with Gasteiger partial charge in [0.2, 0.25) is 0 Å². The number of rotatable bonds is 6. The quantitative estimate of drug-likeness (QED) is 0.364. The van der Waals surface area contributed by atoms with Crippen LogP contribution in [-0.4, -0.2) is 37.5 Å². The van der Waals surface area contributed by atoms with Gasteiger partial charge in [-0.25, -0.2) is 4.79 Å². The predicted molar refractivity (Wildman–Crippen MR) is 92.1 cm³/mol. The molecule has 7 nitrogen and oxygen atoms in total. The second-order valence-corrected chi connectivity index (χ2v) is 11.9. The van der Waals surface area contributed by atoms with E-state index in [9.17, 15) is 20.0 Å². The van der Waals surface area contributed by atoms with Gasteiger partial charge in [-0.2, -0.15) is 0 Å². The molecule has 0 aliphatic heterocycles. The van der Waals surface area contributed by atoms with E-state index in [-0.39, 0.29) is 10.7 Å². The topological polar surface area (TPSA) is 98.9 Å². The minimum absolute atomic E-state index is 0.0719. The molecule has 0 aromatic heterocycles. The van der Waals surface area contributed by atoms with Gasteiger partial charge in [0, 0.05) is 12.1 Å². The second kappa shape index (κ2) is 7.41. The molecule has 1 rings (SSSR count). The summed E-state index contributed by atoms with van der Waals surface area (Å²) in [7, 11) is -1.12. The van der Waals surface area contributed by atoms with Gasteiger partial charge in [-0.15, -0.1) is 0 Å². The van der Waals surface area contributed by atoms with Gasteiger partial charge in [0.05, 0.1) is 12.0 Å². The monoisotopic (exact) mass is 355 g/mol. The molecule has 0 spiro atoms. The van der Waals surface area contributed by atoms with Crippen molar-refractivity contribution in [2.24, 2.45) is 0 Å². The Kier molecular flexibility index (Phi) is 6.26. The number of nitro groups is 1. The minimum atomic E-state index is -2.31. The molecule has 8 heteroatoms. The van der Waals surface area contributed by atoms with Crippen molar-refractivity contribution in [2.45, 2.75) is 51.1 Å². The summed E-state index contributed by atoms with van der Waals surface area (Å²) in [5.74, 6) is -0.808. The van der Waals surface area contributed by atoms with Crippen molar-refractivity contribution in [1.29, 1.82) is 0 Å². The lowest BCUT2D eigenvalue weighted by molar-refractivity contribution is -0.384. The van der Waals surface area contributed by atoms with Crippen LogP contribution in [0.4, 0.5) is 5.69 Å². The molecule has 0 bridgehead atoms. The second-order valence-electron chi connectivity index (χ2n) is 7.12. The van der Waals surface area contributed by atoms with Gasteiger partial charge in [-0.1, -0.05) is 20.8 Å². The zero-order valence-electron chi connectivity index (χ0n) is 14.9. The molecular weight excluding hydrogens is 330 g/mol. The molecule has 0 saturated heterocycles. The maximum absolute atomic E-state index is 11.8. The van der Waals surface area contributed by atoms with Crippen LogP contribution in [0, 0.1) is 10.1 Å². The fraction of sp³-hybridized carbons (Fsp3) is 0.562. The van der Waals surface area contributed by atoms with Crippen LogP contribution in [0.5, 0.6) is 0 Å². The Hall–Kier alpha value is -1.77. The first kappa shape index (κ1) is 20.3. The summed E-state index contributed by atoms with van der Waals surface area (Å²) in [6, 6.07) is 5.62. The number of carbonyl (C=O) groups excluding carboxylic acids is 1. The van der Waals surface area contributed by atoms with E-state index in [0.29, 0.717) is 5.56 Å². The number of methoxy groups -OCH3 is 1. The molecule has 24 heavy (non-hydrogen) atoms. The number of benzene rings is 1. The van der Waals surface area contributed by atoms with Crippen LogP contribution < -0.4 is 0 Å². The van der Waals surface area contributed by atoms with Crippen LogP contribution >= 0.6 is 0 Å². The van der Waals surface area contributed by atoms with E-state index in [1.165, 1.54) is 31.4 Å². The van der Waals surface area contributed by atoms with E-state index >= 15 is 0 Å². The van der Waals surface area contributed by atoms with E-state index in [1.54, 1.807) is 0 Å². The third-order valence-corrected chi connectivity index (χ3v) is 8.85. The SMILES string of the molecule is COC(=O)[C@H](O)[C@H](O[Si](C)(C)C(C)(C)C)c1ccc([N+](=O)[O-])cc1. The molecule has 0 aliphatic carbocycles. The highest BCUT2D eigenvalue weighted by Crippen LogP contribution is 2.40. The van der Waals surface area contributed by atoms with Crippen molar-refractivity contribution in [3.8, 4) is 0 Å². The van der Waals surface area contributed by atoms with Gasteiger partial charge in [0.15, 0.2) is 14.4 Å². The van der Waals surface area contributed by atoms with Crippen molar-refractivity contribution >= 4 is 20.0 Å². The van der Waals surface area contributed by atoms with E-state index in [1.807, 2.05) is 33.9 Å². The molecular formula is C16H25NO6Si. The first-order valence-electron chi connectivity index (χ1n) is 7.59. The predicted octanol–water partition coefficient (Wildman–Crippen LogP) is 3.19. The Bertz CT molecular complexity index is 594. The van der Waals surface area contributed by atoms with Crippen LogP contribution in [0.3, 0.4) is 0 Å². The number of non-ortho nitro benzene ring substituents is 1. The number of ether oxygens (including phenoxy) is 1. The molecule has 1 aromatic rings. The molecule has 0 fully saturated rings. The minimum Gasteiger partial charge on any atom is -0.467 e. The van der Waals surface area contributed by atoms with Crippen LogP contribution in [0.15, 0.2) is 24.3 Å². The highest BCUT2D eigenvalue weighted by Gasteiger charge is 2.42. The zero-order valence-corrected chi connectivity index (χ0v) is 15.9. The molecule has 0 unspecified atom stereocenters. The Morgan fingerprint density at radius 3 is 2.12 bits per heavy atom. The van der Waals surface area contributed by atoms with E-state index < -0.39 is 31.4 Å². The summed E-state index contributed by atoms with van der Waals surface area (Å²) in [5, 5.41) is 21.0. The largest absolute Gasteiger partial charge is 0.467 e. The summed E-state index contributed by atoms with van der Waals surface area (Å²) < 4.78 is 10.8. The first-order valence-corrected chi connectivity index (χ1v) is 10.5. The van der Waals surface area contributed by atoms with Crippen molar-refractivity contribution in [3.05, 3.63) is 39.9 Å². The average Bonchev–Trinajstić information content (AvgIpc) is 2.50.